The molecule has 1 atom stereocenters. The van der Waals surface area contributed by atoms with Gasteiger partial charge in [0.05, 0.1) is 11.6 Å². The Kier molecular flexibility index (Phi) is 4.25. The molecule has 0 radical (unpaired) electrons. The van der Waals surface area contributed by atoms with E-state index < -0.39 is 0 Å². The zero-order valence-corrected chi connectivity index (χ0v) is 12.4. The van der Waals surface area contributed by atoms with Crippen molar-refractivity contribution in [2.75, 3.05) is 11.4 Å². The molecule has 0 saturated carbocycles. The Bertz CT molecular complexity index is 591. The summed E-state index contributed by atoms with van der Waals surface area (Å²) >= 11 is 11.0. The number of thiocarbonyl (C=S) groups is 1. The molecule has 0 bridgehead atoms. The minimum atomic E-state index is -0.389. The second kappa shape index (κ2) is 5.76. The topological polar surface area (TPSA) is 75.4 Å². The van der Waals surface area contributed by atoms with Gasteiger partial charge in [-0.1, -0.05) is 30.7 Å². The second-order valence-corrected chi connectivity index (χ2v) is 5.34. The first-order chi connectivity index (χ1) is 9.43. The van der Waals surface area contributed by atoms with E-state index >= 15 is 0 Å². The summed E-state index contributed by atoms with van der Waals surface area (Å²) in [6.45, 7) is 2.00. The molecule has 20 heavy (non-hydrogen) atoms. The molecule has 0 aromatic heterocycles. The van der Waals surface area contributed by atoms with Gasteiger partial charge >= 0.3 is 0 Å². The summed E-state index contributed by atoms with van der Waals surface area (Å²) in [5.74, 6) is -0.618. The van der Waals surface area contributed by atoms with E-state index in [2.05, 4.69) is 5.32 Å². The number of imide groups is 1. The van der Waals surface area contributed by atoms with Crippen LogP contribution in [0, 0.1) is 0 Å². The van der Waals surface area contributed by atoms with Crippen molar-refractivity contribution in [1.82, 2.24) is 5.32 Å². The monoisotopic (exact) mass is 311 g/mol. The molecular formula is C13H14ClN3O2S. The Hall–Kier alpha value is -1.66. The van der Waals surface area contributed by atoms with E-state index in [1.165, 1.54) is 0 Å². The highest BCUT2D eigenvalue weighted by Gasteiger charge is 2.32. The van der Waals surface area contributed by atoms with Crippen molar-refractivity contribution in [3.63, 3.8) is 0 Å². The molecule has 1 aliphatic heterocycles. The van der Waals surface area contributed by atoms with Crippen molar-refractivity contribution in [1.29, 1.82) is 0 Å². The maximum atomic E-state index is 11.8. The van der Waals surface area contributed by atoms with Gasteiger partial charge in [-0.3, -0.25) is 14.9 Å². The molecular weight excluding hydrogens is 298 g/mol. The van der Waals surface area contributed by atoms with Crippen LogP contribution in [-0.2, 0) is 9.59 Å². The SMILES string of the molecule is CCC1C(=O)NC(=O)CN1c1ccc(C(N)=S)c(Cl)c1. The van der Waals surface area contributed by atoms with Gasteiger partial charge in [-0.15, -0.1) is 0 Å². The molecule has 1 aromatic carbocycles. The largest absolute Gasteiger partial charge is 0.389 e. The average Bonchev–Trinajstić information content (AvgIpc) is 2.37. The van der Waals surface area contributed by atoms with Gasteiger partial charge in [0, 0.05) is 11.3 Å². The van der Waals surface area contributed by atoms with E-state index in [9.17, 15) is 9.59 Å². The minimum absolute atomic E-state index is 0.118. The molecule has 1 saturated heterocycles. The molecule has 7 heteroatoms. The predicted molar refractivity (Wildman–Crippen MR) is 81.9 cm³/mol. The molecule has 1 heterocycles. The van der Waals surface area contributed by atoms with Gasteiger partial charge in [-0.25, -0.2) is 0 Å². The summed E-state index contributed by atoms with van der Waals surface area (Å²) in [5.41, 5.74) is 6.83. The van der Waals surface area contributed by atoms with Crippen LogP contribution in [0.5, 0.6) is 0 Å². The van der Waals surface area contributed by atoms with Crippen LogP contribution in [-0.4, -0.2) is 29.4 Å². The van der Waals surface area contributed by atoms with Crippen LogP contribution in [0.15, 0.2) is 18.2 Å². The van der Waals surface area contributed by atoms with Gasteiger partial charge in [-0.05, 0) is 24.6 Å². The number of benzene rings is 1. The third-order valence-corrected chi connectivity index (χ3v) is 3.72. The summed E-state index contributed by atoms with van der Waals surface area (Å²) in [4.78, 5) is 25.3. The number of hydrogen-bond acceptors (Lipinski definition) is 4. The fourth-order valence-electron chi connectivity index (χ4n) is 2.23. The van der Waals surface area contributed by atoms with Crippen molar-refractivity contribution < 1.29 is 9.59 Å². The van der Waals surface area contributed by atoms with Gasteiger partial charge in [-0.2, -0.15) is 0 Å². The maximum absolute atomic E-state index is 11.8. The van der Waals surface area contributed by atoms with Crippen molar-refractivity contribution >= 4 is 46.3 Å². The zero-order valence-electron chi connectivity index (χ0n) is 10.9. The molecule has 106 valence electrons. The number of hydrogen-bond donors (Lipinski definition) is 2. The zero-order chi connectivity index (χ0) is 14.9. The number of rotatable bonds is 3. The van der Waals surface area contributed by atoms with Gasteiger partial charge < -0.3 is 10.6 Å². The van der Waals surface area contributed by atoms with Crippen LogP contribution in [0.2, 0.25) is 5.02 Å². The molecule has 2 amide bonds. The highest BCUT2D eigenvalue weighted by atomic mass is 35.5. The maximum Gasteiger partial charge on any atom is 0.249 e. The summed E-state index contributed by atoms with van der Waals surface area (Å²) in [7, 11) is 0. The smallest absolute Gasteiger partial charge is 0.249 e. The van der Waals surface area contributed by atoms with E-state index in [-0.39, 0.29) is 29.4 Å². The van der Waals surface area contributed by atoms with Crippen molar-refractivity contribution in [2.45, 2.75) is 19.4 Å². The molecule has 3 N–H and O–H groups in total. The third kappa shape index (κ3) is 2.76. The predicted octanol–water partition coefficient (Wildman–Crippen LogP) is 1.22. The second-order valence-electron chi connectivity index (χ2n) is 4.49. The number of anilines is 1. The van der Waals surface area contributed by atoms with Crippen LogP contribution in [0.25, 0.3) is 0 Å². The number of nitrogens with one attached hydrogen (secondary N) is 1. The molecule has 5 nitrogen and oxygen atoms in total. The first-order valence-electron chi connectivity index (χ1n) is 6.13. The molecule has 0 spiro atoms. The van der Waals surface area contributed by atoms with Crippen LogP contribution in [0.1, 0.15) is 18.9 Å². The fourth-order valence-corrected chi connectivity index (χ4v) is 2.74. The molecule has 1 aromatic rings. The van der Waals surface area contributed by atoms with Crippen molar-refractivity contribution in [2.24, 2.45) is 5.73 Å². The van der Waals surface area contributed by atoms with Crippen LogP contribution < -0.4 is 16.0 Å². The summed E-state index contributed by atoms with van der Waals surface area (Å²) < 4.78 is 0. The van der Waals surface area contributed by atoms with Crippen molar-refractivity contribution in [3.8, 4) is 0 Å². The molecule has 2 rings (SSSR count). The molecule has 0 aliphatic carbocycles. The lowest BCUT2D eigenvalue weighted by molar-refractivity contribution is -0.132. The van der Waals surface area contributed by atoms with E-state index in [1.54, 1.807) is 23.1 Å². The Balaban J connectivity index is 2.38. The molecule has 1 fully saturated rings. The third-order valence-electron chi connectivity index (χ3n) is 3.19. The number of halogens is 1. The number of carbonyl (C=O) groups excluding carboxylic acids is 2. The standard InChI is InChI=1S/C13H14ClN3O2S/c1-2-10-13(19)16-11(18)6-17(10)7-3-4-8(12(15)20)9(14)5-7/h3-5,10H,2,6H2,1H3,(H2,15,20)(H,16,18,19). The highest BCUT2D eigenvalue weighted by molar-refractivity contribution is 7.80. The summed E-state index contributed by atoms with van der Waals surface area (Å²) in [6.07, 6.45) is 0.591. The van der Waals surface area contributed by atoms with Crippen LogP contribution in [0.4, 0.5) is 5.69 Å². The van der Waals surface area contributed by atoms with Gasteiger partial charge in [0.2, 0.25) is 11.8 Å². The first-order valence-corrected chi connectivity index (χ1v) is 6.92. The Morgan fingerprint density at radius 3 is 2.80 bits per heavy atom. The first kappa shape index (κ1) is 14.7. The average molecular weight is 312 g/mol. The van der Waals surface area contributed by atoms with E-state index in [4.69, 9.17) is 29.6 Å². The summed E-state index contributed by atoms with van der Waals surface area (Å²) in [5, 5.41) is 2.74. The Morgan fingerprint density at radius 1 is 1.55 bits per heavy atom. The number of carbonyl (C=O) groups is 2. The van der Waals surface area contributed by atoms with E-state index in [0.29, 0.717) is 22.7 Å². The molecule has 1 aliphatic rings. The van der Waals surface area contributed by atoms with Crippen molar-refractivity contribution in [3.05, 3.63) is 28.8 Å². The quantitative estimate of drug-likeness (QED) is 0.648. The minimum Gasteiger partial charge on any atom is -0.389 e. The Labute approximate surface area is 127 Å². The van der Waals surface area contributed by atoms with Gasteiger partial charge in [0.25, 0.3) is 0 Å². The van der Waals surface area contributed by atoms with Crippen LogP contribution >= 0.6 is 23.8 Å². The number of piperazine rings is 1. The number of amides is 2. The highest BCUT2D eigenvalue weighted by Crippen LogP contribution is 2.26. The van der Waals surface area contributed by atoms with Gasteiger partial charge in [0.1, 0.15) is 11.0 Å². The van der Waals surface area contributed by atoms with E-state index in [1.807, 2.05) is 6.92 Å². The summed E-state index contributed by atoms with van der Waals surface area (Å²) in [6, 6.07) is 4.74. The number of nitrogens with zero attached hydrogens (tertiary/aromatic N) is 1. The lowest BCUT2D eigenvalue weighted by atomic mass is 10.1. The fraction of sp³-hybridized carbons (Fsp3) is 0.308. The number of nitrogens with two attached hydrogens (primary N) is 1. The lowest BCUT2D eigenvalue weighted by Gasteiger charge is -2.35. The molecule has 1 unspecified atom stereocenters. The normalized spacial score (nSPS) is 18.9. The van der Waals surface area contributed by atoms with E-state index in [0.717, 1.165) is 0 Å². The Morgan fingerprint density at radius 2 is 2.25 bits per heavy atom. The lowest BCUT2D eigenvalue weighted by Crippen LogP contribution is -2.58. The van der Waals surface area contributed by atoms with Crippen LogP contribution in [0.3, 0.4) is 0 Å². The van der Waals surface area contributed by atoms with Gasteiger partial charge in [0.15, 0.2) is 0 Å².